The minimum absolute atomic E-state index is 0.447. The van der Waals surface area contributed by atoms with Crippen LogP contribution in [0.15, 0.2) is 35.7 Å². The molecule has 0 bridgehead atoms. The van der Waals surface area contributed by atoms with Crippen molar-refractivity contribution in [1.29, 1.82) is 0 Å². The molecule has 144 valence electrons. The van der Waals surface area contributed by atoms with Crippen molar-refractivity contribution in [2.24, 2.45) is 0 Å². The third-order valence-corrected chi connectivity index (χ3v) is 7.28. The van der Waals surface area contributed by atoms with Crippen molar-refractivity contribution in [3.05, 3.63) is 57.3 Å². The minimum Gasteiger partial charge on any atom is -0.379 e. The fourth-order valence-electron chi connectivity index (χ4n) is 4.74. The number of aryl methyl sites for hydroxylation is 2. The van der Waals surface area contributed by atoms with E-state index in [0.717, 1.165) is 52.5 Å². The largest absolute Gasteiger partial charge is 0.379 e. The molecular weight excluding hydrogens is 354 g/mol. The van der Waals surface area contributed by atoms with Gasteiger partial charge in [0, 0.05) is 50.2 Å². The summed E-state index contributed by atoms with van der Waals surface area (Å²) < 4.78 is 5.43. The quantitative estimate of drug-likeness (QED) is 0.859. The van der Waals surface area contributed by atoms with Gasteiger partial charge in [-0.3, -0.25) is 9.80 Å². The molecule has 2 saturated heterocycles. The van der Waals surface area contributed by atoms with Gasteiger partial charge in [-0.15, -0.1) is 11.3 Å². The van der Waals surface area contributed by atoms with Crippen molar-refractivity contribution in [1.82, 2.24) is 15.1 Å². The van der Waals surface area contributed by atoms with Gasteiger partial charge in [0.2, 0.25) is 0 Å². The van der Waals surface area contributed by atoms with E-state index in [1.807, 2.05) is 11.3 Å². The van der Waals surface area contributed by atoms with E-state index in [2.05, 4.69) is 50.8 Å². The summed E-state index contributed by atoms with van der Waals surface area (Å²) in [4.78, 5) is 6.76. The Balaban J connectivity index is 1.22. The molecule has 0 saturated carbocycles. The van der Waals surface area contributed by atoms with Crippen LogP contribution in [0.4, 0.5) is 0 Å². The highest BCUT2D eigenvalue weighted by molar-refractivity contribution is 7.10. The first-order chi connectivity index (χ1) is 13.4. The van der Waals surface area contributed by atoms with Crippen LogP contribution in [0.3, 0.4) is 0 Å². The average molecular weight is 384 g/mol. The molecule has 2 aromatic rings. The van der Waals surface area contributed by atoms with Gasteiger partial charge in [0.25, 0.3) is 0 Å². The van der Waals surface area contributed by atoms with E-state index < -0.39 is 0 Å². The van der Waals surface area contributed by atoms with E-state index in [1.165, 1.54) is 24.0 Å². The molecule has 0 spiro atoms. The standard InChI is InChI=1S/C22H29N3OS/c1-2-4-19-17(3-1)5-6-21-20(7-14-27-21)22(19)25-15-18(16-25)23-8-9-24-10-12-26-13-11-24/h1-4,7,14,18,22-23H,5-6,8-13,15-16H2. The number of ether oxygens (including phenoxy) is 1. The van der Waals surface area contributed by atoms with Gasteiger partial charge in [-0.25, -0.2) is 0 Å². The summed E-state index contributed by atoms with van der Waals surface area (Å²) in [7, 11) is 0. The summed E-state index contributed by atoms with van der Waals surface area (Å²) >= 11 is 1.94. The summed E-state index contributed by atoms with van der Waals surface area (Å²) in [5, 5.41) is 6.05. The Kier molecular flexibility index (Phi) is 5.29. The first-order valence-corrected chi connectivity index (χ1v) is 11.2. The zero-order chi connectivity index (χ0) is 18.1. The van der Waals surface area contributed by atoms with Crippen molar-refractivity contribution in [2.45, 2.75) is 24.9 Å². The minimum atomic E-state index is 0.447. The molecule has 0 amide bonds. The molecule has 1 N–H and O–H groups in total. The zero-order valence-electron chi connectivity index (χ0n) is 15.9. The molecule has 1 unspecified atom stereocenters. The Hall–Kier alpha value is -1.24. The second-order valence-corrected chi connectivity index (χ2v) is 8.96. The summed E-state index contributed by atoms with van der Waals surface area (Å²) in [6, 6.07) is 12.5. The highest BCUT2D eigenvalue weighted by Gasteiger charge is 2.36. The van der Waals surface area contributed by atoms with Crippen LogP contribution in [0.5, 0.6) is 0 Å². The second kappa shape index (κ2) is 8.02. The van der Waals surface area contributed by atoms with Gasteiger partial charge in [0.1, 0.15) is 0 Å². The number of hydrogen-bond acceptors (Lipinski definition) is 5. The molecule has 0 radical (unpaired) electrons. The van der Waals surface area contributed by atoms with Crippen molar-refractivity contribution in [3.8, 4) is 0 Å². The molecule has 3 heterocycles. The molecule has 27 heavy (non-hydrogen) atoms. The molecular formula is C22H29N3OS. The third-order valence-electron chi connectivity index (χ3n) is 6.29. The number of nitrogens with one attached hydrogen (secondary N) is 1. The van der Waals surface area contributed by atoms with Gasteiger partial charge in [-0.2, -0.15) is 0 Å². The zero-order valence-corrected chi connectivity index (χ0v) is 16.7. The van der Waals surface area contributed by atoms with Gasteiger partial charge < -0.3 is 10.1 Å². The number of fused-ring (bicyclic) bond motifs is 2. The Labute approximate surface area is 166 Å². The van der Waals surface area contributed by atoms with Crippen LogP contribution in [0.25, 0.3) is 0 Å². The fourth-order valence-corrected chi connectivity index (χ4v) is 5.65. The number of hydrogen-bond donors (Lipinski definition) is 1. The van der Waals surface area contributed by atoms with Crippen molar-refractivity contribution in [2.75, 3.05) is 52.5 Å². The van der Waals surface area contributed by atoms with Crippen LogP contribution in [0.2, 0.25) is 0 Å². The van der Waals surface area contributed by atoms with Gasteiger partial charge in [-0.05, 0) is 41.0 Å². The van der Waals surface area contributed by atoms with Crippen LogP contribution < -0.4 is 5.32 Å². The second-order valence-electron chi connectivity index (χ2n) is 7.96. The number of benzene rings is 1. The summed E-state index contributed by atoms with van der Waals surface area (Å²) in [6.07, 6.45) is 2.37. The maximum atomic E-state index is 5.43. The van der Waals surface area contributed by atoms with Crippen LogP contribution in [0.1, 0.15) is 27.6 Å². The van der Waals surface area contributed by atoms with Gasteiger partial charge in [0.05, 0.1) is 19.3 Å². The normalized spacial score (nSPS) is 24.1. The number of morpholine rings is 1. The van der Waals surface area contributed by atoms with Crippen molar-refractivity contribution < 1.29 is 4.74 Å². The Bertz CT molecular complexity index is 764. The maximum absolute atomic E-state index is 5.43. The maximum Gasteiger partial charge on any atom is 0.0616 e. The fraction of sp³-hybridized carbons (Fsp3) is 0.545. The van der Waals surface area contributed by atoms with Gasteiger partial charge >= 0.3 is 0 Å². The van der Waals surface area contributed by atoms with Crippen LogP contribution in [0, 0.1) is 0 Å². The Morgan fingerprint density at radius 2 is 1.89 bits per heavy atom. The van der Waals surface area contributed by atoms with E-state index in [0.29, 0.717) is 12.1 Å². The van der Waals surface area contributed by atoms with Gasteiger partial charge in [-0.1, -0.05) is 24.3 Å². The molecule has 4 nitrogen and oxygen atoms in total. The number of likely N-dealkylation sites (tertiary alicyclic amines) is 1. The summed E-state index contributed by atoms with van der Waals surface area (Å²) in [5.41, 5.74) is 4.62. The molecule has 1 aromatic carbocycles. The lowest BCUT2D eigenvalue weighted by Crippen LogP contribution is -2.59. The molecule has 5 rings (SSSR count). The van der Waals surface area contributed by atoms with E-state index >= 15 is 0 Å². The van der Waals surface area contributed by atoms with Crippen LogP contribution in [-0.4, -0.2) is 68.3 Å². The Morgan fingerprint density at radius 3 is 2.78 bits per heavy atom. The SMILES string of the molecule is c1ccc2c(c1)CCc1sccc1C2N1CC(NCCN2CCOCC2)C1. The first-order valence-electron chi connectivity index (χ1n) is 10.3. The summed E-state index contributed by atoms with van der Waals surface area (Å²) in [6.45, 7) is 8.47. The topological polar surface area (TPSA) is 27.7 Å². The number of thiophene rings is 1. The van der Waals surface area contributed by atoms with Crippen molar-refractivity contribution >= 4 is 11.3 Å². The number of rotatable bonds is 5. The van der Waals surface area contributed by atoms with E-state index in [-0.39, 0.29) is 0 Å². The monoisotopic (exact) mass is 383 g/mol. The molecule has 1 atom stereocenters. The van der Waals surface area contributed by atoms with Crippen LogP contribution in [-0.2, 0) is 17.6 Å². The predicted octanol–water partition coefficient (Wildman–Crippen LogP) is 2.54. The molecule has 1 aliphatic carbocycles. The summed E-state index contributed by atoms with van der Waals surface area (Å²) in [5.74, 6) is 0. The highest BCUT2D eigenvalue weighted by Crippen LogP contribution is 2.40. The van der Waals surface area contributed by atoms with E-state index in [9.17, 15) is 0 Å². The molecule has 2 aliphatic heterocycles. The lowest BCUT2D eigenvalue weighted by atomic mass is 9.92. The lowest BCUT2D eigenvalue weighted by molar-refractivity contribution is 0.0356. The highest BCUT2D eigenvalue weighted by atomic mass is 32.1. The molecule has 2 fully saturated rings. The van der Waals surface area contributed by atoms with Crippen LogP contribution >= 0.6 is 11.3 Å². The predicted molar refractivity (Wildman–Crippen MR) is 111 cm³/mol. The number of nitrogens with zero attached hydrogens (tertiary/aromatic N) is 2. The van der Waals surface area contributed by atoms with Crippen molar-refractivity contribution in [3.63, 3.8) is 0 Å². The van der Waals surface area contributed by atoms with Gasteiger partial charge in [0.15, 0.2) is 0 Å². The lowest BCUT2D eigenvalue weighted by Gasteiger charge is -2.45. The van der Waals surface area contributed by atoms with E-state index in [1.54, 1.807) is 10.4 Å². The Morgan fingerprint density at radius 1 is 1.04 bits per heavy atom. The van der Waals surface area contributed by atoms with E-state index in [4.69, 9.17) is 4.74 Å². The average Bonchev–Trinajstić information content (AvgIpc) is 3.08. The smallest absolute Gasteiger partial charge is 0.0616 e. The third kappa shape index (κ3) is 3.71. The first kappa shape index (κ1) is 17.8. The molecule has 1 aromatic heterocycles. The molecule has 3 aliphatic rings. The molecule has 5 heteroatoms.